The van der Waals surface area contributed by atoms with E-state index in [1.165, 1.54) is 31.4 Å². The maximum atomic E-state index is 4.26. The van der Waals surface area contributed by atoms with E-state index in [9.17, 15) is 0 Å². The van der Waals surface area contributed by atoms with Gasteiger partial charge in [-0.15, -0.1) is 11.3 Å². The fraction of sp³-hybridized carbons (Fsp3) is 0.700. The largest absolute Gasteiger partial charge is 0.314 e. The molecule has 0 unspecified atom stereocenters. The molecule has 2 nitrogen and oxygen atoms in total. The van der Waals surface area contributed by atoms with Crippen LogP contribution in [0.15, 0.2) is 10.9 Å². The van der Waals surface area contributed by atoms with Crippen LogP contribution in [0.3, 0.4) is 0 Å². The number of thiazole rings is 1. The van der Waals surface area contributed by atoms with Gasteiger partial charge in [-0.05, 0) is 12.8 Å². The van der Waals surface area contributed by atoms with Crippen molar-refractivity contribution in [3.05, 3.63) is 16.6 Å². The SMILES string of the molecule is c1nc(CCNC2CCCC2)cs1. The van der Waals surface area contributed by atoms with E-state index in [0.717, 1.165) is 19.0 Å². The molecule has 72 valence electrons. The molecule has 1 aromatic heterocycles. The topological polar surface area (TPSA) is 24.9 Å². The summed E-state index contributed by atoms with van der Waals surface area (Å²) in [7, 11) is 0. The molecule has 1 fully saturated rings. The van der Waals surface area contributed by atoms with Gasteiger partial charge in [-0.3, -0.25) is 0 Å². The third-order valence-electron chi connectivity index (χ3n) is 2.65. The van der Waals surface area contributed by atoms with Crippen LogP contribution in [0.1, 0.15) is 31.4 Å². The Bertz CT molecular complexity index is 227. The van der Waals surface area contributed by atoms with Crippen molar-refractivity contribution < 1.29 is 0 Å². The molecule has 1 aromatic rings. The number of aromatic nitrogens is 1. The lowest BCUT2D eigenvalue weighted by atomic mass is 10.2. The zero-order valence-electron chi connectivity index (χ0n) is 7.83. The van der Waals surface area contributed by atoms with Gasteiger partial charge in [0.15, 0.2) is 0 Å². The first-order valence-corrected chi connectivity index (χ1v) is 6.00. The van der Waals surface area contributed by atoms with Gasteiger partial charge < -0.3 is 5.32 Å². The predicted octanol–water partition coefficient (Wildman–Crippen LogP) is 2.22. The lowest BCUT2D eigenvalue weighted by Gasteiger charge is -2.10. The minimum absolute atomic E-state index is 0.790. The van der Waals surface area contributed by atoms with Crippen LogP contribution < -0.4 is 5.32 Å². The molecule has 0 aromatic carbocycles. The summed E-state index contributed by atoms with van der Waals surface area (Å²) in [5.74, 6) is 0. The van der Waals surface area contributed by atoms with Crippen molar-refractivity contribution in [1.29, 1.82) is 0 Å². The predicted molar refractivity (Wildman–Crippen MR) is 56.1 cm³/mol. The molecule has 1 saturated carbocycles. The third-order valence-corrected chi connectivity index (χ3v) is 3.29. The van der Waals surface area contributed by atoms with Crippen molar-refractivity contribution in [1.82, 2.24) is 10.3 Å². The summed E-state index contributed by atoms with van der Waals surface area (Å²) in [4.78, 5) is 4.26. The smallest absolute Gasteiger partial charge is 0.0794 e. The molecule has 1 aliphatic rings. The summed E-state index contributed by atoms with van der Waals surface area (Å²) in [6.07, 6.45) is 6.65. The molecule has 0 saturated heterocycles. The Labute approximate surface area is 83.4 Å². The molecular weight excluding hydrogens is 180 g/mol. The maximum absolute atomic E-state index is 4.26. The van der Waals surface area contributed by atoms with Crippen LogP contribution in [0.2, 0.25) is 0 Å². The molecule has 1 heterocycles. The van der Waals surface area contributed by atoms with Crippen molar-refractivity contribution in [2.75, 3.05) is 6.54 Å². The standard InChI is InChI=1S/C10H16N2S/c1-2-4-9(3-1)11-6-5-10-7-13-8-12-10/h7-9,11H,1-6H2. The molecule has 3 heteroatoms. The van der Waals surface area contributed by atoms with Crippen molar-refractivity contribution in [2.24, 2.45) is 0 Å². The Balaban J connectivity index is 1.63. The summed E-state index contributed by atoms with van der Waals surface area (Å²) in [5.41, 5.74) is 3.14. The zero-order valence-corrected chi connectivity index (χ0v) is 8.65. The summed E-state index contributed by atoms with van der Waals surface area (Å²) >= 11 is 1.68. The fourth-order valence-corrected chi connectivity index (χ4v) is 2.49. The molecule has 13 heavy (non-hydrogen) atoms. The Morgan fingerprint density at radius 2 is 2.31 bits per heavy atom. The minimum atomic E-state index is 0.790. The van der Waals surface area contributed by atoms with Gasteiger partial charge in [0.2, 0.25) is 0 Å². The molecule has 0 aliphatic heterocycles. The fourth-order valence-electron chi connectivity index (χ4n) is 1.90. The first-order valence-electron chi connectivity index (χ1n) is 5.05. The van der Waals surface area contributed by atoms with Crippen molar-refractivity contribution in [2.45, 2.75) is 38.1 Å². The second-order valence-corrected chi connectivity index (χ2v) is 4.38. The number of hydrogen-bond donors (Lipinski definition) is 1. The summed E-state index contributed by atoms with van der Waals surface area (Å²) in [6.45, 7) is 1.09. The van der Waals surface area contributed by atoms with Gasteiger partial charge in [0.1, 0.15) is 0 Å². The van der Waals surface area contributed by atoms with Gasteiger partial charge >= 0.3 is 0 Å². The molecule has 0 amide bonds. The second-order valence-electron chi connectivity index (χ2n) is 3.67. The van der Waals surface area contributed by atoms with E-state index in [4.69, 9.17) is 0 Å². The van der Waals surface area contributed by atoms with E-state index in [1.807, 2.05) is 5.51 Å². The summed E-state index contributed by atoms with van der Waals surface area (Å²) in [5, 5.41) is 5.72. The lowest BCUT2D eigenvalue weighted by Crippen LogP contribution is -2.28. The van der Waals surface area contributed by atoms with E-state index in [2.05, 4.69) is 15.7 Å². The van der Waals surface area contributed by atoms with Crippen LogP contribution in [0, 0.1) is 0 Å². The number of nitrogens with zero attached hydrogens (tertiary/aromatic N) is 1. The Hall–Kier alpha value is -0.410. The first-order chi connectivity index (χ1) is 6.45. The number of rotatable bonds is 4. The van der Waals surface area contributed by atoms with E-state index in [0.29, 0.717) is 0 Å². The average Bonchev–Trinajstić information content (AvgIpc) is 2.75. The summed E-state index contributed by atoms with van der Waals surface area (Å²) < 4.78 is 0. The van der Waals surface area contributed by atoms with E-state index in [-0.39, 0.29) is 0 Å². The quantitative estimate of drug-likeness (QED) is 0.798. The molecule has 0 bridgehead atoms. The van der Waals surface area contributed by atoms with E-state index >= 15 is 0 Å². The van der Waals surface area contributed by atoms with Crippen molar-refractivity contribution >= 4 is 11.3 Å². The number of hydrogen-bond acceptors (Lipinski definition) is 3. The van der Waals surface area contributed by atoms with Crippen LogP contribution in [0.5, 0.6) is 0 Å². The van der Waals surface area contributed by atoms with Gasteiger partial charge in [0, 0.05) is 24.4 Å². The molecule has 0 spiro atoms. The van der Waals surface area contributed by atoms with Gasteiger partial charge in [-0.1, -0.05) is 12.8 Å². The van der Waals surface area contributed by atoms with Crippen LogP contribution in [-0.2, 0) is 6.42 Å². The lowest BCUT2D eigenvalue weighted by molar-refractivity contribution is 0.526. The number of nitrogens with one attached hydrogen (secondary N) is 1. The van der Waals surface area contributed by atoms with E-state index in [1.54, 1.807) is 11.3 Å². The van der Waals surface area contributed by atoms with Crippen LogP contribution >= 0.6 is 11.3 Å². The van der Waals surface area contributed by atoms with Gasteiger partial charge in [0.05, 0.1) is 11.2 Å². The molecule has 0 atom stereocenters. The van der Waals surface area contributed by atoms with Crippen molar-refractivity contribution in [3.63, 3.8) is 0 Å². The first kappa shape index (κ1) is 9.16. The van der Waals surface area contributed by atoms with Crippen LogP contribution in [0.25, 0.3) is 0 Å². The highest BCUT2D eigenvalue weighted by atomic mass is 32.1. The Morgan fingerprint density at radius 3 is 3.00 bits per heavy atom. The normalized spacial score (nSPS) is 18.2. The second kappa shape index (κ2) is 4.72. The Kier molecular flexibility index (Phi) is 3.33. The third kappa shape index (κ3) is 2.78. The Morgan fingerprint density at radius 1 is 1.46 bits per heavy atom. The molecule has 1 N–H and O–H groups in total. The highest BCUT2D eigenvalue weighted by Crippen LogP contribution is 2.17. The van der Waals surface area contributed by atoms with Crippen LogP contribution in [0.4, 0.5) is 0 Å². The van der Waals surface area contributed by atoms with Gasteiger partial charge in [-0.25, -0.2) is 4.98 Å². The summed E-state index contributed by atoms with van der Waals surface area (Å²) in [6, 6.07) is 0.790. The van der Waals surface area contributed by atoms with E-state index < -0.39 is 0 Å². The van der Waals surface area contributed by atoms with Gasteiger partial charge in [0.25, 0.3) is 0 Å². The van der Waals surface area contributed by atoms with Gasteiger partial charge in [-0.2, -0.15) is 0 Å². The highest BCUT2D eigenvalue weighted by molar-refractivity contribution is 7.07. The zero-order chi connectivity index (χ0) is 8.93. The molecule has 2 rings (SSSR count). The average molecular weight is 196 g/mol. The van der Waals surface area contributed by atoms with Crippen molar-refractivity contribution in [3.8, 4) is 0 Å². The monoisotopic (exact) mass is 196 g/mol. The highest BCUT2D eigenvalue weighted by Gasteiger charge is 2.13. The molecule has 1 aliphatic carbocycles. The van der Waals surface area contributed by atoms with Crippen LogP contribution in [-0.4, -0.2) is 17.6 Å². The molecule has 0 radical (unpaired) electrons. The molecular formula is C10H16N2S. The maximum Gasteiger partial charge on any atom is 0.0794 e. The minimum Gasteiger partial charge on any atom is -0.314 e.